The van der Waals surface area contributed by atoms with Crippen LogP contribution in [0.4, 0.5) is 0 Å². The van der Waals surface area contributed by atoms with Crippen LogP contribution in [-0.4, -0.2) is 9.85 Å². The van der Waals surface area contributed by atoms with Gasteiger partial charge in [0.15, 0.2) is 0 Å². The van der Waals surface area contributed by atoms with E-state index in [0.29, 0.717) is 0 Å². The third kappa shape index (κ3) is 1.85. The molecule has 0 fully saturated rings. The Hall–Kier alpha value is -1.93. The molecule has 2 heteroatoms. The van der Waals surface area contributed by atoms with Gasteiger partial charge in [-0.1, -0.05) is 60.2 Å². The summed E-state index contributed by atoms with van der Waals surface area (Å²) in [7, 11) is 0. The molecule has 2 aromatic carbocycles. The minimum absolute atomic E-state index is 0.896. The van der Waals surface area contributed by atoms with Gasteiger partial charge < -0.3 is 4.98 Å². The van der Waals surface area contributed by atoms with Crippen LogP contribution in [-0.2, 0) is 0 Å². The predicted molar refractivity (Wildman–Crippen MR) is 80.3 cm³/mol. The van der Waals surface area contributed by atoms with Gasteiger partial charge in [-0.15, -0.1) is 0 Å². The molecule has 3 rings (SSSR count). The van der Waals surface area contributed by atoms with E-state index in [-0.39, 0.29) is 0 Å². The van der Waals surface area contributed by atoms with E-state index in [1.807, 2.05) is 18.3 Å². The maximum Gasteiger partial charge on any atom is 0.0543 e. The molecule has 0 saturated heterocycles. The largest absolute Gasteiger partial charge is 0.361 e. The van der Waals surface area contributed by atoms with E-state index in [2.05, 4.69) is 48.3 Å². The molecule has 0 unspecified atom stereocenters. The molecule has 1 nitrogen and oxygen atoms in total. The van der Waals surface area contributed by atoms with Crippen molar-refractivity contribution in [2.75, 3.05) is 0 Å². The highest BCUT2D eigenvalue weighted by Crippen LogP contribution is 2.21. The molecule has 0 aliphatic heterocycles. The summed E-state index contributed by atoms with van der Waals surface area (Å²) in [6.45, 7) is 2.08. The van der Waals surface area contributed by atoms with Gasteiger partial charge in [-0.2, -0.15) is 0 Å². The summed E-state index contributed by atoms with van der Waals surface area (Å²) in [5, 5.41) is 1.18. The lowest BCUT2D eigenvalue weighted by molar-refractivity contribution is 1.46. The molecule has 0 atom stereocenters. The summed E-state index contributed by atoms with van der Waals surface area (Å²) in [4.78, 5) is 4.16. The minimum atomic E-state index is 0.896. The van der Waals surface area contributed by atoms with Crippen LogP contribution in [0.1, 0.15) is 16.7 Å². The molecule has 0 radical (unpaired) electrons. The summed E-state index contributed by atoms with van der Waals surface area (Å²) < 4.78 is 0. The Kier molecular flexibility index (Phi) is 2.73. The third-order valence-corrected chi connectivity index (χ3v) is 3.60. The van der Waals surface area contributed by atoms with E-state index >= 15 is 0 Å². The number of benzene rings is 2. The van der Waals surface area contributed by atoms with Gasteiger partial charge in [0.2, 0.25) is 0 Å². The van der Waals surface area contributed by atoms with Gasteiger partial charge >= 0.3 is 0 Å². The summed E-state index contributed by atoms with van der Waals surface area (Å²) in [5.41, 5.74) is 4.58. The number of hydrogen-bond donors (Lipinski definition) is 1. The first-order valence-electron chi connectivity index (χ1n) is 5.93. The van der Waals surface area contributed by atoms with Crippen molar-refractivity contribution < 1.29 is 0 Å². The molecule has 0 aliphatic rings. The molecule has 18 heavy (non-hydrogen) atoms. The highest BCUT2D eigenvalue weighted by atomic mass is 32.1. The fourth-order valence-electron chi connectivity index (χ4n) is 2.12. The molecule has 88 valence electrons. The number of aromatic nitrogens is 1. The number of rotatable bonds is 2. The molecule has 1 heterocycles. The Labute approximate surface area is 111 Å². The van der Waals surface area contributed by atoms with Crippen LogP contribution in [0.2, 0.25) is 0 Å². The van der Waals surface area contributed by atoms with Gasteiger partial charge in [-0.25, -0.2) is 0 Å². The smallest absolute Gasteiger partial charge is 0.0543 e. The van der Waals surface area contributed by atoms with Crippen molar-refractivity contribution in [3.8, 4) is 0 Å². The lowest BCUT2D eigenvalue weighted by atomic mass is 10.0. The second-order valence-corrected chi connectivity index (χ2v) is 4.85. The van der Waals surface area contributed by atoms with Crippen LogP contribution < -0.4 is 0 Å². The van der Waals surface area contributed by atoms with Crippen molar-refractivity contribution >= 4 is 28.0 Å². The van der Waals surface area contributed by atoms with Gasteiger partial charge in [0.1, 0.15) is 0 Å². The van der Waals surface area contributed by atoms with Crippen molar-refractivity contribution in [1.82, 2.24) is 4.98 Å². The number of aromatic amines is 1. The molecule has 1 N–H and O–H groups in total. The summed E-state index contributed by atoms with van der Waals surface area (Å²) >= 11 is 5.59. The van der Waals surface area contributed by atoms with E-state index in [4.69, 9.17) is 12.2 Å². The number of fused-ring (bicyclic) bond motifs is 1. The summed E-state index contributed by atoms with van der Waals surface area (Å²) in [6, 6.07) is 16.6. The fraction of sp³-hybridized carbons (Fsp3) is 0.0625. The lowest BCUT2D eigenvalue weighted by Gasteiger charge is -2.03. The maximum absolute atomic E-state index is 5.59. The minimum Gasteiger partial charge on any atom is -0.361 e. The molecular weight excluding hydrogens is 238 g/mol. The van der Waals surface area contributed by atoms with Gasteiger partial charge in [-0.05, 0) is 18.6 Å². The third-order valence-electron chi connectivity index (χ3n) is 3.15. The molecule has 1 aromatic heterocycles. The van der Waals surface area contributed by atoms with Crippen molar-refractivity contribution in [1.29, 1.82) is 0 Å². The highest BCUT2D eigenvalue weighted by molar-refractivity contribution is 7.81. The molecule has 3 aromatic rings. The zero-order chi connectivity index (χ0) is 12.5. The van der Waals surface area contributed by atoms with E-state index in [1.165, 1.54) is 10.9 Å². The lowest BCUT2D eigenvalue weighted by Crippen LogP contribution is -1.98. The Bertz CT molecular complexity index is 707. The Balaban J connectivity index is 2.09. The van der Waals surface area contributed by atoms with E-state index in [9.17, 15) is 0 Å². The summed E-state index contributed by atoms with van der Waals surface area (Å²) in [5.74, 6) is 0. The summed E-state index contributed by atoms with van der Waals surface area (Å²) in [6.07, 6.45) is 1.99. The van der Waals surface area contributed by atoms with Crippen LogP contribution in [0.25, 0.3) is 10.9 Å². The SMILES string of the molecule is Cc1ccc(C(=S)c2c[nH]c3ccccc23)cc1. The Morgan fingerprint density at radius 3 is 2.50 bits per heavy atom. The van der Waals surface area contributed by atoms with E-state index < -0.39 is 0 Å². The standard InChI is InChI=1S/C16H13NS/c1-11-6-8-12(9-7-11)16(18)14-10-17-15-5-3-2-4-13(14)15/h2-10,17H,1H3. The first-order valence-corrected chi connectivity index (χ1v) is 6.34. The van der Waals surface area contributed by atoms with Crippen LogP contribution in [0.15, 0.2) is 54.7 Å². The molecule has 0 saturated carbocycles. The van der Waals surface area contributed by atoms with Crippen molar-refractivity contribution in [2.45, 2.75) is 6.92 Å². The second-order valence-electron chi connectivity index (χ2n) is 4.44. The van der Waals surface area contributed by atoms with Crippen molar-refractivity contribution in [3.05, 3.63) is 71.4 Å². The monoisotopic (exact) mass is 251 g/mol. The number of nitrogens with one attached hydrogen (secondary N) is 1. The number of aryl methyl sites for hydroxylation is 1. The van der Waals surface area contributed by atoms with Crippen LogP contribution in [0.5, 0.6) is 0 Å². The quantitative estimate of drug-likeness (QED) is 0.532. The molecule has 0 amide bonds. The van der Waals surface area contributed by atoms with Crippen LogP contribution >= 0.6 is 12.2 Å². The number of para-hydroxylation sites is 1. The fourth-order valence-corrected chi connectivity index (χ4v) is 2.42. The predicted octanol–water partition coefficient (Wildman–Crippen LogP) is 4.24. The van der Waals surface area contributed by atoms with Gasteiger partial charge in [0.25, 0.3) is 0 Å². The highest BCUT2D eigenvalue weighted by Gasteiger charge is 2.09. The van der Waals surface area contributed by atoms with Gasteiger partial charge in [0.05, 0.1) is 4.86 Å². The average Bonchev–Trinajstić information content (AvgIpc) is 2.82. The molecule has 0 aliphatic carbocycles. The van der Waals surface area contributed by atoms with Crippen molar-refractivity contribution in [2.24, 2.45) is 0 Å². The zero-order valence-corrected chi connectivity index (χ0v) is 10.9. The van der Waals surface area contributed by atoms with Gasteiger partial charge in [0, 0.05) is 22.7 Å². The Morgan fingerprint density at radius 2 is 1.72 bits per heavy atom. The Morgan fingerprint density at radius 1 is 1.00 bits per heavy atom. The van der Waals surface area contributed by atoms with Crippen LogP contribution in [0.3, 0.4) is 0 Å². The normalized spacial score (nSPS) is 10.7. The maximum atomic E-state index is 5.59. The number of H-pyrrole nitrogens is 1. The zero-order valence-electron chi connectivity index (χ0n) is 10.1. The number of thiocarbonyl (C=S) groups is 1. The second kappa shape index (κ2) is 4.39. The van der Waals surface area contributed by atoms with E-state index in [1.54, 1.807) is 0 Å². The van der Waals surface area contributed by atoms with Crippen LogP contribution in [0, 0.1) is 6.92 Å². The van der Waals surface area contributed by atoms with E-state index in [0.717, 1.165) is 21.5 Å². The molecule has 0 spiro atoms. The topological polar surface area (TPSA) is 15.8 Å². The van der Waals surface area contributed by atoms with Gasteiger partial charge in [-0.3, -0.25) is 0 Å². The molecule has 0 bridgehead atoms. The number of hydrogen-bond acceptors (Lipinski definition) is 1. The molecular formula is C16H13NS. The average molecular weight is 251 g/mol. The first kappa shape index (κ1) is 11.2. The van der Waals surface area contributed by atoms with Crippen molar-refractivity contribution in [3.63, 3.8) is 0 Å². The first-order chi connectivity index (χ1) is 8.75.